The van der Waals surface area contributed by atoms with Crippen LogP contribution in [0.3, 0.4) is 0 Å². The second kappa shape index (κ2) is 7.36. The molecule has 0 aromatic heterocycles. The number of amides is 1. The van der Waals surface area contributed by atoms with E-state index in [-0.39, 0.29) is 11.8 Å². The van der Waals surface area contributed by atoms with E-state index in [9.17, 15) is 13.6 Å². The molecule has 1 aromatic rings. The molecule has 1 aromatic carbocycles. The zero-order valence-electron chi connectivity index (χ0n) is 10.5. The minimum Gasteiger partial charge on any atom is -0.325 e. The van der Waals surface area contributed by atoms with Crippen LogP contribution in [0.2, 0.25) is 0 Å². The number of halogens is 2. The number of nitrogens with one attached hydrogen (secondary N) is 1. The number of thioether (sulfide) groups is 1. The van der Waals surface area contributed by atoms with E-state index < -0.39 is 5.76 Å². The second-order valence-electron chi connectivity index (χ2n) is 4.05. The Kier molecular flexibility index (Phi) is 6.12. The largest absolute Gasteiger partial charge is 0.325 e. The molecule has 0 fully saturated rings. The first-order valence-corrected chi connectivity index (χ1v) is 6.77. The van der Waals surface area contributed by atoms with E-state index in [4.69, 9.17) is 0 Å². The van der Waals surface area contributed by atoms with E-state index in [1.54, 1.807) is 24.3 Å². The highest BCUT2D eigenvalue weighted by Gasteiger charge is 2.15. The van der Waals surface area contributed by atoms with Crippen molar-refractivity contribution < 1.29 is 13.6 Å². The molecule has 0 saturated carbocycles. The van der Waals surface area contributed by atoms with Crippen molar-refractivity contribution in [1.29, 1.82) is 0 Å². The van der Waals surface area contributed by atoms with Crippen LogP contribution in [-0.4, -0.2) is 11.7 Å². The number of anilines is 1. The maximum atomic E-state index is 12.4. The second-order valence-corrected chi connectivity index (χ2v) is 5.09. The van der Waals surface area contributed by atoms with Gasteiger partial charge in [-0.2, -0.15) is 8.78 Å². The summed E-state index contributed by atoms with van der Waals surface area (Å²) in [5.41, 5.74) is 0.454. The van der Waals surface area contributed by atoms with Gasteiger partial charge >= 0.3 is 0 Å². The van der Waals surface area contributed by atoms with Gasteiger partial charge in [-0.1, -0.05) is 44.2 Å². The summed E-state index contributed by atoms with van der Waals surface area (Å²) < 4.78 is 24.7. The minimum atomic E-state index is -2.49. The summed E-state index contributed by atoms with van der Waals surface area (Å²) in [6, 6.07) is 6.61. The quantitative estimate of drug-likeness (QED) is 0.779. The van der Waals surface area contributed by atoms with Crippen LogP contribution in [0.15, 0.2) is 29.2 Å². The highest BCUT2D eigenvalue weighted by Crippen LogP contribution is 2.31. The number of benzene rings is 1. The first kappa shape index (κ1) is 15.0. The molecule has 0 aliphatic carbocycles. The Labute approximate surface area is 110 Å². The van der Waals surface area contributed by atoms with Crippen molar-refractivity contribution in [3.05, 3.63) is 24.3 Å². The summed E-state index contributed by atoms with van der Waals surface area (Å²) in [5, 5.41) is 2.71. The Balaban J connectivity index is 2.74. The van der Waals surface area contributed by atoms with Gasteiger partial charge < -0.3 is 5.32 Å². The SMILES string of the molecule is CCCC(C)C(=O)Nc1ccccc1SC(F)F. The molecule has 0 saturated heterocycles. The van der Waals surface area contributed by atoms with Gasteiger partial charge in [0.05, 0.1) is 5.69 Å². The monoisotopic (exact) mass is 273 g/mol. The fourth-order valence-corrected chi connectivity index (χ4v) is 2.18. The van der Waals surface area contributed by atoms with Crippen molar-refractivity contribution in [3.63, 3.8) is 0 Å². The van der Waals surface area contributed by atoms with Gasteiger partial charge in [0.25, 0.3) is 5.76 Å². The minimum absolute atomic E-state index is 0.111. The summed E-state index contributed by atoms with van der Waals surface area (Å²) in [4.78, 5) is 12.2. The van der Waals surface area contributed by atoms with E-state index in [1.807, 2.05) is 13.8 Å². The number of hydrogen-bond acceptors (Lipinski definition) is 2. The van der Waals surface area contributed by atoms with Crippen molar-refractivity contribution >= 4 is 23.4 Å². The third-order valence-electron chi connectivity index (χ3n) is 2.53. The van der Waals surface area contributed by atoms with Crippen LogP contribution in [0.5, 0.6) is 0 Å². The fourth-order valence-electron chi connectivity index (χ4n) is 1.59. The van der Waals surface area contributed by atoms with Crippen LogP contribution in [0.25, 0.3) is 0 Å². The predicted octanol–water partition coefficient (Wildman–Crippen LogP) is 4.38. The molecule has 18 heavy (non-hydrogen) atoms. The molecule has 0 bridgehead atoms. The third kappa shape index (κ3) is 4.64. The molecule has 1 N–H and O–H groups in total. The van der Waals surface area contributed by atoms with Gasteiger partial charge in [0.15, 0.2) is 0 Å². The van der Waals surface area contributed by atoms with Crippen molar-refractivity contribution in [2.24, 2.45) is 5.92 Å². The molecule has 0 spiro atoms. The van der Waals surface area contributed by atoms with Gasteiger partial charge in [-0.25, -0.2) is 0 Å². The Bertz CT molecular complexity index is 398. The molecule has 1 unspecified atom stereocenters. The van der Waals surface area contributed by atoms with E-state index in [1.165, 1.54) is 0 Å². The van der Waals surface area contributed by atoms with Crippen molar-refractivity contribution in [2.45, 2.75) is 37.3 Å². The van der Waals surface area contributed by atoms with Crippen LogP contribution < -0.4 is 5.32 Å². The van der Waals surface area contributed by atoms with Crippen LogP contribution in [0.1, 0.15) is 26.7 Å². The van der Waals surface area contributed by atoms with Gasteiger partial charge in [0.1, 0.15) is 0 Å². The average Bonchev–Trinajstić information content (AvgIpc) is 2.31. The molecule has 0 aliphatic rings. The number of hydrogen-bond donors (Lipinski definition) is 1. The summed E-state index contributed by atoms with van der Waals surface area (Å²) in [6.45, 7) is 3.84. The topological polar surface area (TPSA) is 29.1 Å². The molecule has 2 nitrogen and oxygen atoms in total. The summed E-state index contributed by atoms with van der Waals surface area (Å²) in [7, 11) is 0. The molecule has 1 rings (SSSR count). The maximum absolute atomic E-state index is 12.4. The number of para-hydroxylation sites is 1. The van der Waals surface area contributed by atoms with Crippen molar-refractivity contribution in [3.8, 4) is 0 Å². The van der Waals surface area contributed by atoms with Crippen LogP contribution in [0.4, 0.5) is 14.5 Å². The zero-order valence-corrected chi connectivity index (χ0v) is 11.3. The normalized spacial score (nSPS) is 12.5. The molecule has 0 radical (unpaired) electrons. The first-order valence-electron chi connectivity index (χ1n) is 5.89. The van der Waals surface area contributed by atoms with Gasteiger partial charge in [-0.15, -0.1) is 0 Å². The van der Waals surface area contributed by atoms with Crippen LogP contribution in [-0.2, 0) is 4.79 Å². The number of alkyl halides is 2. The molecule has 100 valence electrons. The lowest BCUT2D eigenvalue weighted by molar-refractivity contribution is -0.119. The smallest absolute Gasteiger partial charge is 0.288 e. The van der Waals surface area contributed by atoms with Gasteiger partial charge in [0.2, 0.25) is 5.91 Å². The Morgan fingerprint density at radius 1 is 1.39 bits per heavy atom. The summed E-state index contributed by atoms with van der Waals surface area (Å²) in [6.07, 6.45) is 1.71. The Hall–Kier alpha value is -1.10. The maximum Gasteiger partial charge on any atom is 0.288 e. The molecule has 5 heteroatoms. The van der Waals surface area contributed by atoms with E-state index in [2.05, 4.69) is 5.32 Å². The highest BCUT2D eigenvalue weighted by atomic mass is 32.2. The third-order valence-corrected chi connectivity index (χ3v) is 3.32. The van der Waals surface area contributed by atoms with Crippen molar-refractivity contribution in [2.75, 3.05) is 5.32 Å². The Morgan fingerprint density at radius 2 is 2.06 bits per heavy atom. The van der Waals surface area contributed by atoms with Gasteiger partial charge in [0, 0.05) is 10.8 Å². The van der Waals surface area contributed by atoms with E-state index in [0.29, 0.717) is 22.3 Å². The molecule has 0 heterocycles. The van der Waals surface area contributed by atoms with E-state index in [0.717, 1.165) is 12.8 Å². The number of rotatable bonds is 6. The molecular formula is C13H17F2NOS. The Morgan fingerprint density at radius 3 is 2.67 bits per heavy atom. The summed E-state index contributed by atoms with van der Waals surface area (Å²) >= 11 is 0.444. The number of carbonyl (C=O) groups excluding carboxylic acids is 1. The van der Waals surface area contributed by atoms with Gasteiger partial charge in [-0.05, 0) is 18.6 Å². The predicted molar refractivity (Wildman–Crippen MR) is 71.0 cm³/mol. The van der Waals surface area contributed by atoms with Crippen LogP contribution in [0, 0.1) is 5.92 Å². The lowest BCUT2D eigenvalue weighted by atomic mass is 10.1. The molecular weight excluding hydrogens is 256 g/mol. The lowest BCUT2D eigenvalue weighted by Gasteiger charge is -2.13. The van der Waals surface area contributed by atoms with E-state index >= 15 is 0 Å². The van der Waals surface area contributed by atoms with Gasteiger partial charge in [-0.3, -0.25) is 4.79 Å². The lowest BCUT2D eigenvalue weighted by Crippen LogP contribution is -2.20. The fraction of sp³-hybridized carbons (Fsp3) is 0.462. The molecule has 1 amide bonds. The average molecular weight is 273 g/mol. The molecule has 0 aliphatic heterocycles. The van der Waals surface area contributed by atoms with Crippen molar-refractivity contribution in [1.82, 2.24) is 0 Å². The zero-order chi connectivity index (χ0) is 13.5. The standard InChI is InChI=1S/C13H17F2NOS/c1-3-6-9(2)12(17)16-10-7-4-5-8-11(10)18-13(14)15/h4-5,7-9,13H,3,6H2,1-2H3,(H,16,17). The molecule has 1 atom stereocenters. The van der Waals surface area contributed by atoms with Crippen LogP contribution >= 0.6 is 11.8 Å². The number of carbonyl (C=O) groups is 1. The summed E-state index contributed by atoms with van der Waals surface area (Å²) in [5.74, 6) is -2.73. The highest BCUT2D eigenvalue weighted by molar-refractivity contribution is 7.99. The first-order chi connectivity index (χ1) is 8.54.